The van der Waals surface area contributed by atoms with Gasteiger partial charge in [-0.15, -0.1) is 0 Å². The van der Waals surface area contributed by atoms with Crippen LogP contribution in [-0.4, -0.2) is 48.4 Å². The topological polar surface area (TPSA) is 50.7 Å². The van der Waals surface area contributed by atoms with Gasteiger partial charge in [0.1, 0.15) is 11.6 Å². The highest BCUT2D eigenvalue weighted by molar-refractivity contribution is 6.62. The number of nitrogens with zero attached hydrogens (tertiary/aromatic N) is 4. The predicted molar refractivity (Wildman–Crippen MR) is 125 cm³/mol. The lowest BCUT2D eigenvalue weighted by Crippen LogP contribution is -2.41. The lowest BCUT2D eigenvalue weighted by molar-refractivity contribution is 0.00578. The summed E-state index contributed by atoms with van der Waals surface area (Å²) >= 11 is 0. The SMILES string of the molecule is CCN(CC)c1ccc([C@H](C)N(C)c2ccc(B3OC(C)(C)C(C)(C)O3)cn2)cn1. The maximum absolute atomic E-state index is 6.13. The Hall–Kier alpha value is -2.12. The van der Waals surface area contributed by atoms with Crippen molar-refractivity contribution < 1.29 is 9.31 Å². The average Bonchev–Trinajstić information content (AvgIpc) is 2.95. The van der Waals surface area contributed by atoms with E-state index < -0.39 is 7.12 Å². The summed E-state index contributed by atoms with van der Waals surface area (Å²) < 4.78 is 12.3. The van der Waals surface area contributed by atoms with E-state index in [2.05, 4.69) is 87.4 Å². The quantitative estimate of drug-likeness (QED) is 0.647. The van der Waals surface area contributed by atoms with Crippen LogP contribution in [0.1, 0.15) is 60.1 Å². The second-order valence-electron chi connectivity index (χ2n) is 8.95. The molecular formula is C23H35BN4O2. The summed E-state index contributed by atoms with van der Waals surface area (Å²) in [7, 11) is 1.66. The molecule has 3 heterocycles. The van der Waals surface area contributed by atoms with Gasteiger partial charge < -0.3 is 19.1 Å². The van der Waals surface area contributed by atoms with Crippen molar-refractivity contribution in [1.29, 1.82) is 0 Å². The average molecular weight is 410 g/mol. The van der Waals surface area contributed by atoms with Crippen LogP contribution >= 0.6 is 0 Å². The molecule has 7 heteroatoms. The summed E-state index contributed by atoms with van der Waals surface area (Å²) in [5.41, 5.74) is 1.38. The zero-order chi connectivity index (χ0) is 22.1. The molecule has 0 amide bonds. The van der Waals surface area contributed by atoms with Crippen LogP contribution in [0.5, 0.6) is 0 Å². The monoisotopic (exact) mass is 410 g/mol. The molecule has 3 rings (SSSR count). The number of rotatable bonds is 7. The second kappa shape index (κ2) is 8.56. The highest BCUT2D eigenvalue weighted by atomic mass is 16.7. The summed E-state index contributed by atoms with van der Waals surface area (Å²) in [6, 6.07) is 8.46. The van der Waals surface area contributed by atoms with E-state index in [0.29, 0.717) is 0 Å². The number of anilines is 2. The van der Waals surface area contributed by atoms with Crippen LogP contribution in [-0.2, 0) is 9.31 Å². The Balaban J connectivity index is 1.70. The fourth-order valence-corrected chi connectivity index (χ4v) is 3.53. The first-order chi connectivity index (χ1) is 14.1. The molecule has 162 valence electrons. The molecule has 0 aliphatic carbocycles. The molecule has 0 radical (unpaired) electrons. The third-order valence-corrected chi connectivity index (χ3v) is 6.58. The van der Waals surface area contributed by atoms with Gasteiger partial charge >= 0.3 is 7.12 Å². The third kappa shape index (κ3) is 4.32. The Labute approximate surface area is 181 Å². The van der Waals surface area contributed by atoms with Crippen LogP contribution in [0.25, 0.3) is 0 Å². The molecule has 30 heavy (non-hydrogen) atoms. The van der Waals surface area contributed by atoms with Gasteiger partial charge in [0, 0.05) is 38.0 Å². The molecule has 0 bridgehead atoms. The Bertz CT molecular complexity index is 819. The number of aromatic nitrogens is 2. The molecule has 6 nitrogen and oxygen atoms in total. The van der Waals surface area contributed by atoms with E-state index in [1.807, 2.05) is 24.5 Å². The second-order valence-corrected chi connectivity index (χ2v) is 8.95. The van der Waals surface area contributed by atoms with E-state index in [9.17, 15) is 0 Å². The molecule has 0 spiro atoms. The van der Waals surface area contributed by atoms with Crippen molar-refractivity contribution in [3.05, 3.63) is 42.2 Å². The first kappa shape index (κ1) is 22.6. The van der Waals surface area contributed by atoms with Gasteiger partial charge in [0.25, 0.3) is 0 Å². The van der Waals surface area contributed by atoms with Crippen LogP contribution < -0.4 is 15.3 Å². The molecule has 1 atom stereocenters. The van der Waals surface area contributed by atoms with E-state index in [0.717, 1.165) is 35.8 Å². The minimum Gasteiger partial charge on any atom is -0.399 e. The van der Waals surface area contributed by atoms with Crippen molar-refractivity contribution in [2.24, 2.45) is 0 Å². The summed E-state index contributed by atoms with van der Waals surface area (Å²) in [5.74, 6) is 1.92. The van der Waals surface area contributed by atoms with E-state index in [1.54, 1.807) is 0 Å². The van der Waals surface area contributed by atoms with Gasteiger partial charge in [0.15, 0.2) is 0 Å². The molecule has 2 aromatic rings. The fraction of sp³-hybridized carbons (Fsp3) is 0.565. The molecule has 1 saturated heterocycles. The minimum absolute atomic E-state index is 0.151. The molecule has 0 N–H and O–H groups in total. The molecular weight excluding hydrogens is 375 g/mol. The molecule has 0 aromatic carbocycles. The van der Waals surface area contributed by atoms with Gasteiger partial charge in [0.05, 0.1) is 17.2 Å². The predicted octanol–water partition coefficient (Wildman–Crippen LogP) is 3.82. The van der Waals surface area contributed by atoms with Gasteiger partial charge in [-0.05, 0) is 66.2 Å². The normalized spacial score (nSPS) is 18.3. The van der Waals surface area contributed by atoms with Gasteiger partial charge in [-0.3, -0.25) is 0 Å². The first-order valence-electron chi connectivity index (χ1n) is 10.8. The molecule has 0 saturated carbocycles. The van der Waals surface area contributed by atoms with E-state index in [1.165, 1.54) is 0 Å². The van der Waals surface area contributed by atoms with Crippen LogP contribution in [0.15, 0.2) is 36.7 Å². The highest BCUT2D eigenvalue weighted by Crippen LogP contribution is 2.36. The standard InChI is InChI=1S/C23H35BN4O2/c1-9-28(10-2)21-13-11-18(15-25-21)17(3)27(8)20-14-12-19(16-26-20)24-29-22(4,5)23(6,7)30-24/h11-17H,9-10H2,1-8H3/t17-/m0/s1. The summed E-state index contributed by atoms with van der Waals surface area (Å²) in [4.78, 5) is 13.7. The van der Waals surface area contributed by atoms with Crippen molar-refractivity contribution in [3.63, 3.8) is 0 Å². The molecule has 0 unspecified atom stereocenters. The molecule has 1 aliphatic heterocycles. The van der Waals surface area contributed by atoms with Gasteiger partial charge in [-0.25, -0.2) is 9.97 Å². The smallest absolute Gasteiger partial charge is 0.399 e. The van der Waals surface area contributed by atoms with Crippen LogP contribution in [0.4, 0.5) is 11.6 Å². The van der Waals surface area contributed by atoms with Crippen molar-refractivity contribution in [3.8, 4) is 0 Å². The maximum atomic E-state index is 6.13. The summed E-state index contributed by atoms with van der Waals surface area (Å²) in [6.07, 6.45) is 3.82. The third-order valence-electron chi connectivity index (χ3n) is 6.58. The Morgan fingerprint density at radius 2 is 1.47 bits per heavy atom. The molecule has 2 aromatic heterocycles. The molecule has 1 fully saturated rings. The number of hydrogen-bond donors (Lipinski definition) is 0. The largest absolute Gasteiger partial charge is 0.496 e. The van der Waals surface area contributed by atoms with Crippen molar-refractivity contribution in [2.45, 2.75) is 65.7 Å². The summed E-state index contributed by atoms with van der Waals surface area (Å²) in [6.45, 7) is 16.6. The van der Waals surface area contributed by atoms with Crippen LogP contribution in [0.3, 0.4) is 0 Å². The zero-order valence-corrected chi connectivity index (χ0v) is 19.6. The van der Waals surface area contributed by atoms with E-state index >= 15 is 0 Å². The lowest BCUT2D eigenvalue weighted by atomic mass is 9.80. The van der Waals surface area contributed by atoms with Crippen molar-refractivity contribution in [2.75, 3.05) is 29.9 Å². The van der Waals surface area contributed by atoms with Crippen LogP contribution in [0.2, 0.25) is 0 Å². The fourth-order valence-electron chi connectivity index (χ4n) is 3.53. The van der Waals surface area contributed by atoms with Gasteiger partial charge in [-0.2, -0.15) is 0 Å². The first-order valence-corrected chi connectivity index (χ1v) is 10.8. The van der Waals surface area contributed by atoms with Crippen molar-refractivity contribution in [1.82, 2.24) is 9.97 Å². The molecule has 1 aliphatic rings. The highest BCUT2D eigenvalue weighted by Gasteiger charge is 2.51. The Morgan fingerprint density at radius 3 is 1.93 bits per heavy atom. The van der Waals surface area contributed by atoms with Gasteiger partial charge in [-0.1, -0.05) is 12.1 Å². The van der Waals surface area contributed by atoms with E-state index in [4.69, 9.17) is 9.31 Å². The maximum Gasteiger partial charge on any atom is 0.496 e. The van der Waals surface area contributed by atoms with Gasteiger partial charge in [0.2, 0.25) is 0 Å². The van der Waals surface area contributed by atoms with E-state index in [-0.39, 0.29) is 17.2 Å². The van der Waals surface area contributed by atoms with Crippen molar-refractivity contribution >= 4 is 24.2 Å². The van der Waals surface area contributed by atoms with Crippen LogP contribution in [0, 0.1) is 0 Å². The Kier molecular flexibility index (Phi) is 6.44. The Morgan fingerprint density at radius 1 is 0.900 bits per heavy atom. The zero-order valence-electron chi connectivity index (χ0n) is 19.6. The minimum atomic E-state index is -0.392. The lowest BCUT2D eigenvalue weighted by Gasteiger charge is -2.32. The number of pyridine rings is 2. The summed E-state index contributed by atoms with van der Waals surface area (Å²) in [5, 5.41) is 0. The number of hydrogen-bond acceptors (Lipinski definition) is 6.